The average Bonchev–Trinajstić information content (AvgIpc) is 3.68. The summed E-state index contributed by atoms with van der Waals surface area (Å²) in [7, 11) is -3.53. The fraction of sp³-hybridized carbons (Fsp3) is 0.280. The van der Waals surface area contributed by atoms with Gasteiger partial charge in [0.25, 0.3) is 5.91 Å². The maximum atomic E-state index is 13.4. The van der Waals surface area contributed by atoms with Gasteiger partial charge in [-0.3, -0.25) is 9.78 Å². The minimum atomic E-state index is -3.53. The van der Waals surface area contributed by atoms with Gasteiger partial charge in [0.1, 0.15) is 0 Å². The van der Waals surface area contributed by atoms with Crippen LogP contribution in [0.15, 0.2) is 66.1 Å². The van der Waals surface area contributed by atoms with E-state index >= 15 is 0 Å². The summed E-state index contributed by atoms with van der Waals surface area (Å²) in [6.07, 6.45) is 3.84. The first-order chi connectivity index (χ1) is 15.5. The minimum absolute atomic E-state index is 0.0534. The van der Waals surface area contributed by atoms with Crippen molar-refractivity contribution in [1.29, 1.82) is 0 Å². The first-order valence-electron chi connectivity index (χ1n) is 10.9. The Kier molecular flexibility index (Phi) is 5.53. The Balaban J connectivity index is 1.31. The number of hydrogen-bond acceptors (Lipinski definition) is 4. The van der Waals surface area contributed by atoms with Crippen molar-refractivity contribution in [2.24, 2.45) is 0 Å². The highest BCUT2D eigenvalue weighted by molar-refractivity contribution is 7.92. The molecule has 7 heteroatoms. The number of hydrogen-bond donors (Lipinski definition) is 0. The second-order valence-corrected chi connectivity index (χ2v) is 10.2. The lowest BCUT2D eigenvalue weighted by atomic mass is 10.0. The van der Waals surface area contributed by atoms with Gasteiger partial charge in [0.15, 0.2) is 0 Å². The summed E-state index contributed by atoms with van der Waals surface area (Å²) in [5, 5.41) is 2.10. The maximum Gasteiger partial charge on any atom is 0.254 e. The zero-order valence-electron chi connectivity index (χ0n) is 17.7. The third-order valence-corrected chi connectivity index (χ3v) is 7.64. The molecule has 0 N–H and O–H groups in total. The molecule has 0 bridgehead atoms. The maximum absolute atomic E-state index is 13.4. The molecular weight excluding hydrogens is 422 g/mol. The number of para-hydroxylation sites is 1. The van der Waals surface area contributed by atoms with E-state index in [1.165, 1.54) is 9.71 Å². The Morgan fingerprint density at radius 3 is 2.34 bits per heavy atom. The van der Waals surface area contributed by atoms with Crippen molar-refractivity contribution in [3.05, 3.63) is 82.9 Å². The monoisotopic (exact) mass is 447 g/mol. The van der Waals surface area contributed by atoms with Crippen molar-refractivity contribution in [3.63, 3.8) is 0 Å². The molecule has 2 aromatic carbocycles. The normalized spacial score (nSPS) is 17.8. The third kappa shape index (κ3) is 4.31. The van der Waals surface area contributed by atoms with Gasteiger partial charge in [-0.25, -0.2) is 8.42 Å². The van der Waals surface area contributed by atoms with E-state index in [2.05, 4.69) is 0 Å². The van der Waals surface area contributed by atoms with Crippen molar-refractivity contribution in [2.45, 2.75) is 18.8 Å². The van der Waals surface area contributed by atoms with Crippen LogP contribution in [-0.2, 0) is 10.0 Å². The van der Waals surface area contributed by atoms with Crippen molar-refractivity contribution in [2.75, 3.05) is 26.2 Å². The predicted molar refractivity (Wildman–Crippen MR) is 126 cm³/mol. The summed E-state index contributed by atoms with van der Waals surface area (Å²) in [5.74, 6) is 0.395. The third-order valence-electron chi connectivity index (χ3n) is 6.08. The molecule has 0 radical (unpaired) electrons. The average molecular weight is 448 g/mol. The van der Waals surface area contributed by atoms with Crippen LogP contribution in [0, 0.1) is 0 Å². The van der Waals surface area contributed by atoms with Crippen molar-refractivity contribution in [1.82, 2.24) is 14.2 Å². The molecular formula is C25H25N3O3S. The van der Waals surface area contributed by atoms with Crippen LogP contribution in [0.25, 0.3) is 17.0 Å². The fourth-order valence-corrected chi connectivity index (χ4v) is 5.27. The number of rotatable bonds is 5. The molecule has 2 fully saturated rings. The largest absolute Gasteiger partial charge is 0.336 e. The highest BCUT2D eigenvalue weighted by atomic mass is 32.2. The predicted octanol–water partition coefficient (Wildman–Crippen LogP) is 3.87. The standard InChI is InChI=1S/C25H25N3O3S/c29-25(22-18-24(20-10-11-20)26-23-9-5-4-8-21(22)23)27-13-15-28(16-14-27)32(30,31)17-12-19-6-2-1-3-7-19/h1-9,12,17-18,20H,10-11,13-16H2/b17-12+. The number of nitrogens with zero attached hydrogens (tertiary/aromatic N) is 3. The summed E-state index contributed by atoms with van der Waals surface area (Å²) in [6, 6.07) is 19.0. The smallest absolute Gasteiger partial charge is 0.254 e. The van der Waals surface area contributed by atoms with E-state index in [1.807, 2.05) is 60.7 Å². The molecule has 0 atom stereocenters. The van der Waals surface area contributed by atoms with Crippen molar-refractivity contribution < 1.29 is 13.2 Å². The Bertz CT molecular complexity index is 1280. The van der Waals surface area contributed by atoms with Crippen LogP contribution in [0.2, 0.25) is 0 Å². The lowest BCUT2D eigenvalue weighted by Crippen LogP contribution is -2.50. The molecule has 1 aliphatic carbocycles. The molecule has 1 saturated carbocycles. The van der Waals surface area contributed by atoms with Gasteiger partial charge in [0.05, 0.1) is 11.1 Å². The van der Waals surface area contributed by atoms with Crippen LogP contribution in [0.5, 0.6) is 0 Å². The molecule has 6 nitrogen and oxygen atoms in total. The van der Waals surface area contributed by atoms with E-state index in [9.17, 15) is 13.2 Å². The highest BCUT2D eigenvalue weighted by Crippen LogP contribution is 2.40. The SMILES string of the molecule is O=C(c1cc(C2CC2)nc2ccccc12)N1CCN(S(=O)(=O)/C=C/c2ccccc2)CC1. The lowest BCUT2D eigenvalue weighted by Gasteiger charge is -2.33. The summed E-state index contributed by atoms with van der Waals surface area (Å²) in [5.41, 5.74) is 3.32. The minimum Gasteiger partial charge on any atom is -0.336 e. The summed E-state index contributed by atoms with van der Waals surface area (Å²) in [4.78, 5) is 19.9. The number of sulfonamides is 1. The van der Waals surface area contributed by atoms with Crippen LogP contribution >= 0.6 is 0 Å². The fourth-order valence-electron chi connectivity index (χ4n) is 4.09. The first kappa shape index (κ1) is 20.8. The lowest BCUT2D eigenvalue weighted by molar-refractivity contribution is 0.0700. The van der Waals surface area contributed by atoms with Gasteiger partial charge in [-0.05, 0) is 36.6 Å². The van der Waals surface area contributed by atoms with E-state index in [0.29, 0.717) is 24.6 Å². The molecule has 5 rings (SSSR count). The molecule has 32 heavy (non-hydrogen) atoms. The van der Waals surface area contributed by atoms with Crippen LogP contribution in [0.1, 0.15) is 40.4 Å². The van der Waals surface area contributed by atoms with Gasteiger partial charge in [0, 0.05) is 48.6 Å². The van der Waals surface area contributed by atoms with E-state index in [-0.39, 0.29) is 19.0 Å². The molecule has 2 aliphatic rings. The molecule has 164 valence electrons. The number of fused-ring (bicyclic) bond motifs is 1. The van der Waals surface area contributed by atoms with Gasteiger partial charge >= 0.3 is 0 Å². The van der Waals surface area contributed by atoms with E-state index < -0.39 is 10.0 Å². The van der Waals surface area contributed by atoms with Crippen LogP contribution in [0.4, 0.5) is 0 Å². The Hall–Kier alpha value is -3.03. The summed E-state index contributed by atoms with van der Waals surface area (Å²) < 4.78 is 26.9. The zero-order valence-corrected chi connectivity index (χ0v) is 18.5. The number of carbonyl (C=O) groups is 1. The second-order valence-electron chi connectivity index (χ2n) is 8.34. The van der Waals surface area contributed by atoms with Crippen LogP contribution < -0.4 is 0 Å². The number of benzene rings is 2. The number of amides is 1. The summed E-state index contributed by atoms with van der Waals surface area (Å²) >= 11 is 0. The van der Waals surface area contributed by atoms with E-state index in [1.54, 1.807) is 11.0 Å². The molecule has 1 aromatic heterocycles. The molecule has 0 spiro atoms. The Morgan fingerprint density at radius 2 is 1.62 bits per heavy atom. The zero-order chi connectivity index (χ0) is 22.1. The molecule has 3 aromatic rings. The Morgan fingerprint density at radius 1 is 0.938 bits per heavy atom. The quantitative estimate of drug-likeness (QED) is 0.595. The van der Waals surface area contributed by atoms with E-state index in [4.69, 9.17) is 4.98 Å². The number of pyridine rings is 1. The first-order valence-corrected chi connectivity index (χ1v) is 12.4. The molecule has 2 heterocycles. The van der Waals surface area contributed by atoms with Gasteiger partial charge < -0.3 is 4.90 Å². The van der Waals surface area contributed by atoms with Crippen molar-refractivity contribution >= 4 is 32.9 Å². The second kappa shape index (κ2) is 8.48. The van der Waals surface area contributed by atoms with Crippen LogP contribution in [-0.4, -0.2) is 54.7 Å². The van der Waals surface area contributed by atoms with Gasteiger partial charge in [-0.1, -0.05) is 48.5 Å². The van der Waals surface area contributed by atoms with Gasteiger partial charge in [-0.2, -0.15) is 4.31 Å². The molecule has 1 saturated heterocycles. The topological polar surface area (TPSA) is 70.6 Å². The Labute approximate surface area is 188 Å². The number of aromatic nitrogens is 1. The molecule has 1 aliphatic heterocycles. The highest BCUT2D eigenvalue weighted by Gasteiger charge is 2.31. The number of piperazine rings is 1. The molecule has 0 unspecified atom stereocenters. The summed E-state index contributed by atoms with van der Waals surface area (Å²) in [6.45, 7) is 1.30. The molecule has 1 amide bonds. The van der Waals surface area contributed by atoms with E-state index in [0.717, 1.165) is 35.0 Å². The van der Waals surface area contributed by atoms with Crippen molar-refractivity contribution in [3.8, 4) is 0 Å². The van der Waals surface area contributed by atoms with Gasteiger partial charge in [0.2, 0.25) is 10.0 Å². The van der Waals surface area contributed by atoms with Gasteiger partial charge in [-0.15, -0.1) is 0 Å². The van der Waals surface area contributed by atoms with Crippen LogP contribution in [0.3, 0.4) is 0 Å². The number of carbonyl (C=O) groups excluding carboxylic acids is 1.